The van der Waals surface area contributed by atoms with E-state index < -0.39 is 0 Å². The van der Waals surface area contributed by atoms with Crippen molar-refractivity contribution in [3.8, 4) is 0 Å². The Hall–Kier alpha value is -0.570. The van der Waals surface area contributed by atoms with Gasteiger partial charge in [-0.2, -0.15) is 0 Å². The van der Waals surface area contributed by atoms with Gasteiger partial charge in [0.15, 0.2) is 0 Å². The van der Waals surface area contributed by atoms with Crippen LogP contribution in [0.4, 0.5) is 0 Å². The van der Waals surface area contributed by atoms with Gasteiger partial charge in [0.05, 0.1) is 5.41 Å². The van der Waals surface area contributed by atoms with E-state index in [0.29, 0.717) is 5.92 Å². The molecule has 3 nitrogen and oxygen atoms in total. The number of carbonyl (C=O) groups excluding carboxylic acids is 1. The molecule has 1 fully saturated rings. The zero-order valence-corrected chi connectivity index (χ0v) is 9.31. The molecule has 1 aliphatic rings. The molecule has 3 heteroatoms. The Kier molecular flexibility index (Phi) is 3.93. The maximum Gasteiger partial charge on any atom is 0.224 e. The molecule has 3 N–H and O–H groups in total. The van der Waals surface area contributed by atoms with Gasteiger partial charge >= 0.3 is 0 Å². The van der Waals surface area contributed by atoms with Crippen LogP contribution in [0.25, 0.3) is 0 Å². The highest BCUT2D eigenvalue weighted by Crippen LogP contribution is 2.37. The zero-order valence-electron chi connectivity index (χ0n) is 9.31. The van der Waals surface area contributed by atoms with Crippen LogP contribution in [0.2, 0.25) is 0 Å². The first kappa shape index (κ1) is 11.5. The average Bonchev–Trinajstić information content (AvgIpc) is 2.53. The first-order valence-corrected chi connectivity index (χ1v) is 5.57. The minimum absolute atomic E-state index is 0.119. The Balaban J connectivity index is 2.40. The highest BCUT2D eigenvalue weighted by molar-refractivity contribution is 5.81. The van der Waals surface area contributed by atoms with Gasteiger partial charge in [-0.05, 0) is 25.3 Å². The van der Waals surface area contributed by atoms with Crippen LogP contribution in [-0.4, -0.2) is 19.0 Å². The van der Waals surface area contributed by atoms with Gasteiger partial charge in [-0.15, -0.1) is 0 Å². The summed E-state index contributed by atoms with van der Waals surface area (Å²) in [6, 6.07) is 0. The number of nitrogens with two attached hydrogens (primary N) is 1. The van der Waals surface area contributed by atoms with Gasteiger partial charge in [0.1, 0.15) is 0 Å². The third kappa shape index (κ3) is 2.71. The Labute approximate surface area is 86.4 Å². The number of amides is 1. The van der Waals surface area contributed by atoms with Crippen molar-refractivity contribution in [1.82, 2.24) is 5.32 Å². The lowest BCUT2D eigenvalue weighted by atomic mass is 9.85. The summed E-state index contributed by atoms with van der Waals surface area (Å²) in [4.78, 5) is 11.4. The average molecular weight is 198 g/mol. The van der Waals surface area contributed by atoms with E-state index in [1.807, 2.05) is 0 Å². The molecule has 82 valence electrons. The van der Waals surface area contributed by atoms with E-state index in [9.17, 15) is 4.79 Å². The van der Waals surface area contributed by atoms with E-state index in [0.717, 1.165) is 38.8 Å². The van der Waals surface area contributed by atoms with Crippen molar-refractivity contribution in [2.45, 2.75) is 39.5 Å². The summed E-state index contributed by atoms with van der Waals surface area (Å²) in [5, 5.41) is 3.35. The molecular weight excluding hydrogens is 176 g/mol. The molecule has 0 heterocycles. The molecule has 0 bridgehead atoms. The maximum absolute atomic E-state index is 11.4. The summed E-state index contributed by atoms with van der Waals surface area (Å²) < 4.78 is 0. The zero-order chi connectivity index (χ0) is 10.6. The maximum atomic E-state index is 11.4. The van der Waals surface area contributed by atoms with Crippen LogP contribution in [0, 0.1) is 11.3 Å². The Morgan fingerprint density at radius 2 is 2.00 bits per heavy atom. The van der Waals surface area contributed by atoms with Crippen LogP contribution in [0.15, 0.2) is 0 Å². The lowest BCUT2D eigenvalue weighted by molar-refractivity contribution is -0.127. The molecule has 0 unspecified atom stereocenters. The molecule has 0 aliphatic heterocycles. The third-order valence-corrected chi connectivity index (χ3v) is 3.10. The molecule has 0 saturated heterocycles. The molecule has 1 saturated carbocycles. The molecule has 0 aromatic heterocycles. The van der Waals surface area contributed by atoms with Gasteiger partial charge in [0, 0.05) is 6.54 Å². The van der Waals surface area contributed by atoms with Crippen molar-refractivity contribution in [2.24, 2.45) is 17.1 Å². The van der Waals surface area contributed by atoms with Crippen LogP contribution in [0.5, 0.6) is 0 Å². The molecule has 0 spiro atoms. The van der Waals surface area contributed by atoms with Crippen LogP contribution >= 0.6 is 0 Å². The molecule has 0 aromatic rings. The minimum Gasteiger partial charge on any atom is -0.369 e. The van der Waals surface area contributed by atoms with Crippen LogP contribution in [0.3, 0.4) is 0 Å². The molecule has 1 amide bonds. The fourth-order valence-corrected chi connectivity index (χ4v) is 2.16. The Morgan fingerprint density at radius 3 is 2.43 bits per heavy atom. The fourth-order valence-electron chi connectivity index (χ4n) is 2.16. The Bertz CT molecular complexity index is 195. The van der Waals surface area contributed by atoms with Gasteiger partial charge in [-0.1, -0.05) is 26.7 Å². The number of hydrogen-bond donors (Lipinski definition) is 2. The van der Waals surface area contributed by atoms with Crippen molar-refractivity contribution in [1.29, 1.82) is 0 Å². The quantitative estimate of drug-likeness (QED) is 0.699. The van der Waals surface area contributed by atoms with Gasteiger partial charge < -0.3 is 11.1 Å². The lowest BCUT2D eigenvalue weighted by Gasteiger charge is -2.25. The molecular formula is C11H22N2O. The van der Waals surface area contributed by atoms with E-state index in [-0.39, 0.29) is 11.3 Å². The van der Waals surface area contributed by atoms with Gasteiger partial charge in [-0.25, -0.2) is 0 Å². The Morgan fingerprint density at radius 1 is 1.43 bits per heavy atom. The highest BCUT2D eigenvalue weighted by Gasteiger charge is 2.38. The summed E-state index contributed by atoms with van der Waals surface area (Å²) >= 11 is 0. The first-order valence-electron chi connectivity index (χ1n) is 5.57. The van der Waals surface area contributed by atoms with E-state index in [1.165, 1.54) is 0 Å². The lowest BCUT2D eigenvalue weighted by Crippen LogP contribution is -2.43. The van der Waals surface area contributed by atoms with Crippen molar-refractivity contribution < 1.29 is 4.79 Å². The molecule has 14 heavy (non-hydrogen) atoms. The summed E-state index contributed by atoms with van der Waals surface area (Å²) in [6.45, 7) is 6.06. The van der Waals surface area contributed by atoms with Gasteiger partial charge in [-0.3, -0.25) is 4.79 Å². The first-order chi connectivity index (χ1) is 6.57. The number of nitrogens with one attached hydrogen (secondary N) is 1. The fraction of sp³-hybridized carbons (Fsp3) is 0.909. The van der Waals surface area contributed by atoms with Crippen molar-refractivity contribution in [2.75, 3.05) is 13.1 Å². The van der Waals surface area contributed by atoms with E-state index in [2.05, 4.69) is 19.2 Å². The number of rotatable bonds is 5. The van der Waals surface area contributed by atoms with Gasteiger partial charge in [0.25, 0.3) is 0 Å². The standard InChI is InChI=1S/C11H22N2O/c1-9(2)7-13-8-11(10(12)14)5-3-4-6-11/h9,13H,3-8H2,1-2H3,(H2,12,14). The SMILES string of the molecule is CC(C)CNCC1(C(N)=O)CCCC1. The predicted molar refractivity (Wildman–Crippen MR) is 57.8 cm³/mol. The van der Waals surface area contributed by atoms with E-state index in [1.54, 1.807) is 0 Å². The van der Waals surface area contributed by atoms with Crippen LogP contribution in [0.1, 0.15) is 39.5 Å². The monoisotopic (exact) mass is 198 g/mol. The molecule has 1 aliphatic carbocycles. The largest absolute Gasteiger partial charge is 0.369 e. The second-order valence-electron chi connectivity index (χ2n) is 4.88. The summed E-state index contributed by atoms with van der Waals surface area (Å²) in [6.07, 6.45) is 4.22. The highest BCUT2D eigenvalue weighted by atomic mass is 16.1. The predicted octanol–water partition coefficient (Wildman–Crippen LogP) is 1.28. The second kappa shape index (κ2) is 4.78. The smallest absolute Gasteiger partial charge is 0.224 e. The summed E-state index contributed by atoms with van der Waals surface area (Å²) in [7, 11) is 0. The topological polar surface area (TPSA) is 55.1 Å². The number of hydrogen-bond acceptors (Lipinski definition) is 2. The van der Waals surface area contributed by atoms with E-state index in [4.69, 9.17) is 5.73 Å². The van der Waals surface area contributed by atoms with E-state index >= 15 is 0 Å². The molecule has 0 radical (unpaired) electrons. The molecule has 0 aromatic carbocycles. The number of primary amides is 1. The third-order valence-electron chi connectivity index (χ3n) is 3.10. The second-order valence-corrected chi connectivity index (χ2v) is 4.88. The summed E-state index contributed by atoms with van der Waals surface area (Å²) in [5.74, 6) is 0.507. The summed E-state index contributed by atoms with van der Waals surface area (Å²) in [5.41, 5.74) is 5.23. The van der Waals surface area contributed by atoms with Crippen molar-refractivity contribution in [3.63, 3.8) is 0 Å². The van der Waals surface area contributed by atoms with Crippen LogP contribution in [-0.2, 0) is 4.79 Å². The van der Waals surface area contributed by atoms with Crippen molar-refractivity contribution >= 4 is 5.91 Å². The van der Waals surface area contributed by atoms with Crippen molar-refractivity contribution in [3.05, 3.63) is 0 Å². The van der Waals surface area contributed by atoms with Gasteiger partial charge in [0.2, 0.25) is 5.91 Å². The number of carbonyl (C=O) groups is 1. The molecule has 0 atom stereocenters. The molecule has 1 rings (SSSR count). The van der Waals surface area contributed by atoms with Crippen LogP contribution < -0.4 is 11.1 Å². The normalized spacial score (nSPS) is 20.2. The minimum atomic E-state index is -0.241.